The van der Waals surface area contributed by atoms with Crippen molar-refractivity contribution in [2.75, 3.05) is 11.4 Å². The van der Waals surface area contributed by atoms with E-state index in [-0.39, 0.29) is 0 Å². The van der Waals surface area contributed by atoms with Crippen LogP contribution in [0.1, 0.15) is 11.4 Å². The number of allylic oxidation sites excluding steroid dienone is 2. The first-order valence-electron chi connectivity index (χ1n) is 7.93. The fourth-order valence-corrected chi connectivity index (χ4v) is 2.81. The Morgan fingerprint density at radius 3 is 2.36 bits per heavy atom. The molecule has 0 spiro atoms. The van der Waals surface area contributed by atoms with E-state index in [1.165, 1.54) is 6.20 Å². The van der Waals surface area contributed by atoms with Crippen molar-refractivity contribution in [1.82, 2.24) is 15.0 Å². The second-order valence-electron chi connectivity index (χ2n) is 5.63. The summed E-state index contributed by atoms with van der Waals surface area (Å²) < 4.78 is 14.2. The minimum absolute atomic E-state index is 0.475. The summed E-state index contributed by atoms with van der Waals surface area (Å²) in [5.74, 6) is 0.127. The Morgan fingerprint density at radius 1 is 0.840 bits per heavy atom. The maximum Gasteiger partial charge on any atom is 0.220 e. The average molecular weight is 330 g/mol. The zero-order chi connectivity index (χ0) is 17.1. The van der Waals surface area contributed by atoms with Crippen LogP contribution in [0.3, 0.4) is 0 Å². The summed E-state index contributed by atoms with van der Waals surface area (Å²) in [6.45, 7) is 0.545. The molecule has 0 saturated heterocycles. The maximum atomic E-state index is 14.2. The third-order valence-electron chi connectivity index (χ3n) is 3.98. The Balaban J connectivity index is 1.81. The molecule has 3 heterocycles. The van der Waals surface area contributed by atoms with E-state index in [0.717, 1.165) is 16.8 Å². The predicted octanol–water partition coefficient (Wildman–Crippen LogP) is 3.96. The highest BCUT2D eigenvalue weighted by Crippen LogP contribution is 2.30. The Morgan fingerprint density at radius 2 is 1.60 bits per heavy atom. The van der Waals surface area contributed by atoms with Crippen LogP contribution in [0, 0.1) is 5.95 Å². The largest absolute Gasteiger partial charge is 0.343 e. The highest BCUT2D eigenvalue weighted by molar-refractivity contribution is 5.87. The molecule has 122 valence electrons. The van der Waals surface area contributed by atoms with Gasteiger partial charge in [0.15, 0.2) is 5.82 Å². The van der Waals surface area contributed by atoms with Crippen LogP contribution in [-0.2, 0) is 0 Å². The molecule has 0 N–H and O–H groups in total. The molecule has 0 atom stereocenters. The number of aromatic nitrogens is 3. The number of para-hydroxylation sites is 1. The summed E-state index contributed by atoms with van der Waals surface area (Å²) >= 11 is 0. The molecule has 0 radical (unpaired) electrons. The van der Waals surface area contributed by atoms with Gasteiger partial charge < -0.3 is 4.90 Å². The zero-order valence-electron chi connectivity index (χ0n) is 13.4. The zero-order valence-corrected chi connectivity index (χ0v) is 13.4. The number of halogens is 1. The number of rotatable bonds is 3. The van der Waals surface area contributed by atoms with Crippen LogP contribution in [0.4, 0.5) is 10.1 Å². The summed E-state index contributed by atoms with van der Waals surface area (Å²) in [5, 5.41) is 0. The Labute approximate surface area is 145 Å². The van der Waals surface area contributed by atoms with E-state index in [1.807, 2.05) is 42.6 Å². The quantitative estimate of drug-likeness (QED) is 0.682. The summed E-state index contributed by atoms with van der Waals surface area (Å²) in [6.07, 6.45) is 8.76. The number of pyridine rings is 1. The molecule has 1 aliphatic rings. The SMILES string of the molecule is Fc1ncccc1C1=CC(c2ncccn2)=CN(c2ccccc2)C1. The van der Waals surface area contributed by atoms with Gasteiger partial charge in [0, 0.05) is 48.2 Å². The van der Waals surface area contributed by atoms with Crippen molar-refractivity contribution in [2.24, 2.45) is 0 Å². The lowest BCUT2D eigenvalue weighted by molar-refractivity contribution is 0.579. The van der Waals surface area contributed by atoms with Gasteiger partial charge in [-0.25, -0.2) is 15.0 Å². The minimum Gasteiger partial charge on any atom is -0.343 e. The van der Waals surface area contributed by atoms with Crippen LogP contribution >= 0.6 is 0 Å². The highest BCUT2D eigenvalue weighted by atomic mass is 19.1. The standard InChI is InChI=1S/C20H15FN4/c21-19-18(8-4-9-22-19)15-12-16(20-23-10-5-11-24-20)14-25(13-15)17-6-2-1-3-7-17/h1-12,14H,13H2. The fourth-order valence-electron chi connectivity index (χ4n) is 2.81. The van der Waals surface area contributed by atoms with Gasteiger partial charge >= 0.3 is 0 Å². The third kappa shape index (κ3) is 3.17. The van der Waals surface area contributed by atoms with Crippen molar-refractivity contribution in [1.29, 1.82) is 0 Å². The van der Waals surface area contributed by atoms with Crippen LogP contribution in [-0.4, -0.2) is 21.5 Å². The number of nitrogens with zero attached hydrogens (tertiary/aromatic N) is 4. The van der Waals surface area contributed by atoms with E-state index in [1.54, 1.807) is 30.6 Å². The first-order chi connectivity index (χ1) is 12.3. The normalized spacial score (nSPS) is 14.0. The summed E-state index contributed by atoms with van der Waals surface area (Å²) in [7, 11) is 0. The van der Waals surface area contributed by atoms with Crippen molar-refractivity contribution in [3.8, 4) is 0 Å². The van der Waals surface area contributed by atoms with Gasteiger partial charge in [0.25, 0.3) is 0 Å². The van der Waals surface area contributed by atoms with Gasteiger partial charge in [-0.1, -0.05) is 18.2 Å². The fraction of sp³-hybridized carbons (Fsp3) is 0.0500. The third-order valence-corrected chi connectivity index (χ3v) is 3.98. The average Bonchev–Trinajstić information content (AvgIpc) is 2.69. The van der Waals surface area contributed by atoms with Gasteiger partial charge in [-0.15, -0.1) is 0 Å². The molecule has 4 rings (SSSR count). The second-order valence-corrected chi connectivity index (χ2v) is 5.63. The Hall–Kier alpha value is -3.34. The second kappa shape index (κ2) is 6.65. The van der Waals surface area contributed by atoms with E-state index >= 15 is 0 Å². The Kier molecular flexibility index (Phi) is 4.04. The molecular weight excluding hydrogens is 315 g/mol. The van der Waals surface area contributed by atoms with Gasteiger partial charge in [-0.3, -0.25) is 0 Å². The predicted molar refractivity (Wildman–Crippen MR) is 96.0 cm³/mol. The molecule has 0 aliphatic carbocycles. The van der Waals surface area contributed by atoms with Gasteiger partial charge in [-0.2, -0.15) is 4.39 Å². The minimum atomic E-state index is -0.475. The molecule has 0 bridgehead atoms. The van der Waals surface area contributed by atoms with Gasteiger partial charge in [0.2, 0.25) is 5.95 Å². The molecule has 2 aromatic heterocycles. The maximum absolute atomic E-state index is 14.2. The van der Waals surface area contributed by atoms with E-state index < -0.39 is 5.95 Å². The number of hydrogen-bond donors (Lipinski definition) is 0. The van der Waals surface area contributed by atoms with E-state index in [2.05, 4.69) is 19.9 Å². The van der Waals surface area contributed by atoms with Gasteiger partial charge in [0.05, 0.1) is 0 Å². The van der Waals surface area contributed by atoms with Crippen LogP contribution in [0.15, 0.2) is 79.4 Å². The summed E-state index contributed by atoms with van der Waals surface area (Å²) in [6, 6.07) is 15.2. The lowest BCUT2D eigenvalue weighted by Gasteiger charge is -2.27. The molecule has 1 aliphatic heterocycles. The van der Waals surface area contributed by atoms with Gasteiger partial charge in [0.1, 0.15) is 0 Å². The van der Waals surface area contributed by atoms with Crippen LogP contribution in [0.25, 0.3) is 11.1 Å². The van der Waals surface area contributed by atoms with E-state index in [9.17, 15) is 4.39 Å². The molecule has 1 aromatic carbocycles. The highest BCUT2D eigenvalue weighted by Gasteiger charge is 2.19. The number of anilines is 1. The molecule has 0 saturated carbocycles. The topological polar surface area (TPSA) is 41.9 Å². The molecule has 0 amide bonds. The smallest absolute Gasteiger partial charge is 0.220 e. The van der Waals surface area contributed by atoms with E-state index in [4.69, 9.17) is 0 Å². The summed E-state index contributed by atoms with van der Waals surface area (Å²) in [5.41, 5.74) is 3.17. The van der Waals surface area contributed by atoms with Crippen molar-refractivity contribution in [3.63, 3.8) is 0 Å². The first-order valence-corrected chi connectivity index (χ1v) is 7.93. The number of hydrogen-bond acceptors (Lipinski definition) is 4. The van der Waals surface area contributed by atoms with Crippen molar-refractivity contribution in [2.45, 2.75) is 0 Å². The number of benzene rings is 1. The lowest BCUT2D eigenvalue weighted by Crippen LogP contribution is -2.23. The van der Waals surface area contributed by atoms with Crippen LogP contribution in [0.5, 0.6) is 0 Å². The first kappa shape index (κ1) is 15.2. The molecule has 4 nitrogen and oxygen atoms in total. The molecule has 25 heavy (non-hydrogen) atoms. The van der Waals surface area contributed by atoms with Crippen molar-refractivity contribution >= 4 is 16.8 Å². The van der Waals surface area contributed by atoms with Crippen LogP contribution < -0.4 is 4.90 Å². The van der Waals surface area contributed by atoms with E-state index in [0.29, 0.717) is 17.9 Å². The molecule has 0 unspecified atom stereocenters. The monoisotopic (exact) mass is 330 g/mol. The van der Waals surface area contributed by atoms with Crippen molar-refractivity contribution in [3.05, 3.63) is 96.7 Å². The summed E-state index contributed by atoms with van der Waals surface area (Å²) in [4.78, 5) is 14.5. The van der Waals surface area contributed by atoms with Crippen LogP contribution in [0.2, 0.25) is 0 Å². The lowest BCUT2D eigenvalue weighted by atomic mass is 10.00. The molecule has 5 heteroatoms. The van der Waals surface area contributed by atoms with Gasteiger partial charge in [-0.05, 0) is 42.0 Å². The molecule has 3 aromatic rings. The molecular formula is C20H15FN4. The Bertz CT molecular complexity index is 936. The van der Waals surface area contributed by atoms with Crippen molar-refractivity contribution < 1.29 is 4.39 Å². The molecule has 0 fully saturated rings.